The lowest BCUT2D eigenvalue weighted by molar-refractivity contribution is -0.128. The monoisotopic (exact) mass is 575 g/mol. The van der Waals surface area contributed by atoms with E-state index in [9.17, 15) is 17.6 Å². The Hall–Kier alpha value is -4.44. The summed E-state index contributed by atoms with van der Waals surface area (Å²) < 4.78 is 50.7. The zero-order chi connectivity index (χ0) is 29.0. The van der Waals surface area contributed by atoms with Crippen LogP contribution in [-0.4, -0.2) is 60.8 Å². The van der Waals surface area contributed by atoms with Crippen LogP contribution in [0.4, 0.5) is 4.39 Å². The third-order valence-corrected chi connectivity index (χ3v) is 8.77. The topological polar surface area (TPSA) is 90.7 Å². The number of methoxy groups -OCH3 is 2. The van der Waals surface area contributed by atoms with Crippen molar-refractivity contribution in [2.24, 2.45) is 0 Å². The van der Waals surface area contributed by atoms with Gasteiger partial charge in [0, 0.05) is 36.0 Å². The molecule has 0 bridgehead atoms. The van der Waals surface area contributed by atoms with Gasteiger partial charge in [0.15, 0.2) is 21.3 Å². The largest absolute Gasteiger partial charge is 0.493 e. The van der Waals surface area contributed by atoms with E-state index in [2.05, 4.69) is 0 Å². The van der Waals surface area contributed by atoms with Gasteiger partial charge in [-0.3, -0.25) is 4.79 Å². The normalized spacial score (nSPS) is 16.1. The second-order valence-corrected chi connectivity index (χ2v) is 12.0. The fourth-order valence-corrected chi connectivity index (χ4v) is 6.63. The van der Waals surface area contributed by atoms with Crippen LogP contribution in [0.2, 0.25) is 0 Å². The van der Waals surface area contributed by atoms with Crippen molar-refractivity contribution >= 4 is 21.8 Å². The van der Waals surface area contributed by atoms with Crippen molar-refractivity contribution in [3.05, 3.63) is 102 Å². The molecule has 0 aliphatic carbocycles. The Bertz CT molecular complexity index is 1670. The highest BCUT2D eigenvalue weighted by Gasteiger charge is 2.34. The molecule has 10 heteroatoms. The van der Waals surface area contributed by atoms with E-state index in [0.29, 0.717) is 34.7 Å². The quantitative estimate of drug-likeness (QED) is 0.263. The van der Waals surface area contributed by atoms with Gasteiger partial charge in [-0.15, -0.1) is 0 Å². The molecule has 1 aliphatic heterocycles. The number of ether oxygens (including phenoxy) is 2. The Morgan fingerprint density at radius 3 is 2.44 bits per heavy atom. The van der Waals surface area contributed by atoms with Crippen LogP contribution in [0, 0.1) is 5.82 Å². The summed E-state index contributed by atoms with van der Waals surface area (Å²) in [4.78, 5) is 15.3. The van der Waals surface area contributed by atoms with Crippen LogP contribution in [0.15, 0.2) is 85.1 Å². The Kier molecular flexibility index (Phi) is 8.21. The molecular weight excluding hydrogens is 545 g/mol. The standard InChI is InChI=1S/C31H30FN3O5S/c1-39-28-14-8-22(18-29(28)40-2)19-34(27-16-17-41(37,38)21-27)30(36)15-11-24-20-35(26-6-4-3-5-7-26)33-31(24)23-9-12-25(32)13-10-23/h3-15,18,20,27H,16-17,19,21H2,1-2H3/b15-11+. The summed E-state index contributed by atoms with van der Waals surface area (Å²) in [5.74, 6) is 0.327. The van der Waals surface area contributed by atoms with Crippen molar-refractivity contribution in [2.45, 2.75) is 19.0 Å². The number of hydrogen-bond donors (Lipinski definition) is 0. The van der Waals surface area contributed by atoms with Gasteiger partial charge in [-0.25, -0.2) is 17.5 Å². The summed E-state index contributed by atoms with van der Waals surface area (Å²) >= 11 is 0. The number of carbonyl (C=O) groups is 1. The molecule has 4 aromatic rings. The third-order valence-electron chi connectivity index (χ3n) is 7.02. The van der Waals surface area contributed by atoms with Crippen molar-refractivity contribution in [1.29, 1.82) is 0 Å². The zero-order valence-electron chi connectivity index (χ0n) is 22.7. The molecule has 8 nitrogen and oxygen atoms in total. The molecular formula is C31H30FN3O5S. The molecule has 0 N–H and O–H groups in total. The molecule has 3 aromatic carbocycles. The predicted octanol–water partition coefficient (Wildman–Crippen LogP) is 4.92. The Morgan fingerprint density at radius 1 is 1.05 bits per heavy atom. The number of para-hydroxylation sites is 1. The lowest BCUT2D eigenvalue weighted by Gasteiger charge is -2.27. The molecule has 1 saturated heterocycles. The van der Waals surface area contributed by atoms with Gasteiger partial charge in [-0.1, -0.05) is 24.3 Å². The number of carbonyl (C=O) groups excluding carboxylic acids is 1. The number of benzene rings is 3. The van der Waals surface area contributed by atoms with Crippen LogP contribution in [0.25, 0.3) is 23.0 Å². The molecule has 1 fully saturated rings. The number of sulfone groups is 1. The van der Waals surface area contributed by atoms with Gasteiger partial charge in [-0.2, -0.15) is 5.10 Å². The maximum Gasteiger partial charge on any atom is 0.247 e. The molecule has 0 saturated carbocycles. The predicted molar refractivity (Wildman–Crippen MR) is 155 cm³/mol. The highest BCUT2D eigenvalue weighted by atomic mass is 32.2. The first kappa shape index (κ1) is 28.1. The molecule has 2 heterocycles. The maximum atomic E-state index is 13.7. The summed E-state index contributed by atoms with van der Waals surface area (Å²) in [5.41, 5.74) is 3.52. The fourth-order valence-electron chi connectivity index (χ4n) is 4.89. The minimum absolute atomic E-state index is 0.0374. The Morgan fingerprint density at radius 2 is 1.78 bits per heavy atom. The van der Waals surface area contributed by atoms with Crippen LogP contribution in [0.5, 0.6) is 11.5 Å². The molecule has 212 valence electrons. The van der Waals surface area contributed by atoms with Crippen LogP contribution < -0.4 is 9.47 Å². The van der Waals surface area contributed by atoms with Crippen LogP contribution >= 0.6 is 0 Å². The first-order chi connectivity index (χ1) is 19.8. The molecule has 0 radical (unpaired) electrons. The summed E-state index contributed by atoms with van der Waals surface area (Å²) in [6, 6.07) is 20.4. The van der Waals surface area contributed by atoms with Gasteiger partial charge in [0.1, 0.15) is 5.82 Å². The number of hydrogen-bond acceptors (Lipinski definition) is 6. The fraction of sp³-hybridized carbons (Fsp3) is 0.226. The number of nitrogens with zero attached hydrogens (tertiary/aromatic N) is 3. The lowest BCUT2D eigenvalue weighted by Crippen LogP contribution is -2.39. The van der Waals surface area contributed by atoms with Gasteiger partial charge in [0.25, 0.3) is 0 Å². The number of halogens is 1. The second kappa shape index (κ2) is 12.0. The molecule has 1 atom stereocenters. The highest BCUT2D eigenvalue weighted by Crippen LogP contribution is 2.30. The SMILES string of the molecule is COc1ccc(CN(C(=O)/C=C/c2cn(-c3ccccc3)nc2-c2ccc(F)cc2)C2CCS(=O)(=O)C2)cc1OC. The summed E-state index contributed by atoms with van der Waals surface area (Å²) in [6.07, 6.45) is 5.27. The molecule has 41 heavy (non-hydrogen) atoms. The minimum atomic E-state index is -3.24. The molecule has 1 aromatic heterocycles. The lowest BCUT2D eigenvalue weighted by atomic mass is 10.1. The number of rotatable bonds is 9. The highest BCUT2D eigenvalue weighted by molar-refractivity contribution is 7.91. The first-order valence-corrected chi connectivity index (χ1v) is 14.9. The van der Waals surface area contributed by atoms with Gasteiger partial charge in [0.2, 0.25) is 5.91 Å². The average Bonchev–Trinajstić information content (AvgIpc) is 3.58. The summed E-state index contributed by atoms with van der Waals surface area (Å²) in [7, 11) is -0.161. The molecule has 5 rings (SSSR count). The average molecular weight is 576 g/mol. The van der Waals surface area contributed by atoms with E-state index in [0.717, 1.165) is 11.3 Å². The van der Waals surface area contributed by atoms with E-state index in [1.807, 2.05) is 36.4 Å². The van der Waals surface area contributed by atoms with E-state index < -0.39 is 15.9 Å². The maximum absolute atomic E-state index is 13.7. The van der Waals surface area contributed by atoms with Crippen molar-refractivity contribution in [3.8, 4) is 28.4 Å². The van der Waals surface area contributed by atoms with Crippen molar-refractivity contribution in [3.63, 3.8) is 0 Å². The van der Waals surface area contributed by atoms with Gasteiger partial charge >= 0.3 is 0 Å². The Labute approximate surface area is 238 Å². The van der Waals surface area contributed by atoms with E-state index in [-0.39, 0.29) is 29.8 Å². The van der Waals surface area contributed by atoms with Gasteiger partial charge < -0.3 is 14.4 Å². The first-order valence-electron chi connectivity index (χ1n) is 13.1. The van der Waals surface area contributed by atoms with E-state index in [4.69, 9.17) is 14.6 Å². The van der Waals surface area contributed by atoms with Crippen molar-refractivity contribution in [2.75, 3.05) is 25.7 Å². The van der Waals surface area contributed by atoms with Crippen LogP contribution in [0.3, 0.4) is 0 Å². The zero-order valence-corrected chi connectivity index (χ0v) is 23.6. The van der Waals surface area contributed by atoms with Crippen LogP contribution in [-0.2, 0) is 21.2 Å². The molecule has 1 aliphatic rings. The second-order valence-electron chi connectivity index (χ2n) is 9.77. The molecule has 0 spiro atoms. The summed E-state index contributed by atoms with van der Waals surface area (Å²) in [5, 5.41) is 4.72. The Balaban J connectivity index is 1.48. The van der Waals surface area contributed by atoms with Gasteiger partial charge in [0.05, 0.1) is 37.1 Å². The number of aromatic nitrogens is 2. The van der Waals surface area contributed by atoms with Gasteiger partial charge in [-0.05, 0) is 66.6 Å². The van der Waals surface area contributed by atoms with Crippen molar-refractivity contribution in [1.82, 2.24) is 14.7 Å². The van der Waals surface area contributed by atoms with E-state index >= 15 is 0 Å². The van der Waals surface area contributed by atoms with E-state index in [1.165, 1.54) is 25.3 Å². The third kappa shape index (κ3) is 6.49. The van der Waals surface area contributed by atoms with Crippen LogP contribution in [0.1, 0.15) is 17.5 Å². The van der Waals surface area contributed by atoms with E-state index in [1.54, 1.807) is 53.2 Å². The van der Waals surface area contributed by atoms with Crippen molar-refractivity contribution < 1.29 is 27.1 Å². The minimum Gasteiger partial charge on any atom is -0.493 e. The summed E-state index contributed by atoms with van der Waals surface area (Å²) in [6.45, 7) is 0.192. The molecule has 1 unspecified atom stereocenters. The molecule has 1 amide bonds. The number of amides is 1. The smallest absolute Gasteiger partial charge is 0.247 e.